The maximum atomic E-state index is 11.6. The molecule has 0 saturated heterocycles. The quantitative estimate of drug-likeness (QED) is 0.580. The number of benzene rings is 1. The van der Waals surface area contributed by atoms with Gasteiger partial charge in [0.25, 0.3) is 10.1 Å². The van der Waals surface area contributed by atoms with E-state index in [9.17, 15) is 13.2 Å². The Balaban J connectivity index is 2.87. The molecule has 0 bridgehead atoms. The topological polar surface area (TPSA) is 69.7 Å². The Hall–Kier alpha value is -1.40. The van der Waals surface area contributed by atoms with Crippen molar-refractivity contribution in [2.75, 3.05) is 13.7 Å². The lowest BCUT2D eigenvalue weighted by Gasteiger charge is -2.06. The summed E-state index contributed by atoms with van der Waals surface area (Å²) in [4.78, 5) is 10.8. The Morgan fingerprint density at radius 3 is 2.50 bits per heavy atom. The molecule has 0 fully saturated rings. The van der Waals surface area contributed by atoms with E-state index in [1.807, 2.05) is 0 Å². The van der Waals surface area contributed by atoms with Gasteiger partial charge in [0, 0.05) is 0 Å². The van der Waals surface area contributed by atoms with Crippen LogP contribution in [0.15, 0.2) is 29.2 Å². The van der Waals surface area contributed by atoms with Crippen molar-refractivity contribution in [1.82, 2.24) is 0 Å². The van der Waals surface area contributed by atoms with Crippen LogP contribution in [-0.4, -0.2) is 28.1 Å². The standard InChI is InChI=1S/C10H12O5S/c1-8-5-3-4-6-9(8)16(12,13)15-7-10(11)14-2/h3-6H,7H2,1-2H3. The molecule has 1 aromatic rings. The highest BCUT2D eigenvalue weighted by molar-refractivity contribution is 7.86. The van der Waals surface area contributed by atoms with Gasteiger partial charge in [0.2, 0.25) is 0 Å². The molecule has 0 spiro atoms. The van der Waals surface area contributed by atoms with Gasteiger partial charge in [-0.2, -0.15) is 8.42 Å². The van der Waals surface area contributed by atoms with E-state index in [0.717, 1.165) is 7.11 Å². The molecule has 0 N–H and O–H groups in total. The first-order valence-corrected chi connectivity index (χ1v) is 5.90. The molecule has 0 aliphatic rings. The van der Waals surface area contributed by atoms with Crippen molar-refractivity contribution in [3.8, 4) is 0 Å². The van der Waals surface area contributed by atoms with Gasteiger partial charge in [-0.1, -0.05) is 18.2 Å². The molecule has 0 radical (unpaired) electrons. The maximum Gasteiger partial charge on any atom is 0.333 e. The minimum absolute atomic E-state index is 0.0545. The Bertz CT molecular complexity index is 478. The molecule has 0 aliphatic heterocycles. The van der Waals surface area contributed by atoms with Gasteiger partial charge in [0.1, 0.15) is 0 Å². The molecule has 88 valence electrons. The monoisotopic (exact) mass is 244 g/mol. The largest absolute Gasteiger partial charge is 0.467 e. The minimum atomic E-state index is -3.90. The molecule has 1 aromatic carbocycles. The van der Waals surface area contributed by atoms with Gasteiger partial charge in [-0.05, 0) is 18.6 Å². The fourth-order valence-electron chi connectivity index (χ4n) is 1.09. The molecule has 0 amide bonds. The van der Waals surface area contributed by atoms with Gasteiger partial charge in [0.15, 0.2) is 6.61 Å². The molecule has 0 unspecified atom stereocenters. The fraction of sp³-hybridized carbons (Fsp3) is 0.300. The number of hydrogen-bond donors (Lipinski definition) is 0. The predicted octanol–water partition coefficient (Wildman–Crippen LogP) is 0.873. The van der Waals surface area contributed by atoms with Gasteiger partial charge >= 0.3 is 5.97 Å². The second-order valence-corrected chi connectivity index (χ2v) is 4.64. The highest BCUT2D eigenvalue weighted by Crippen LogP contribution is 2.16. The van der Waals surface area contributed by atoms with E-state index in [-0.39, 0.29) is 4.90 Å². The number of carbonyl (C=O) groups is 1. The van der Waals surface area contributed by atoms with Crippen molar-refractivity contribution in [2.45, 2.75) is 11.8 Å². The second kappa shape index (κ2) is 5.09. The van der Waals surface area contributed by atoms with E-state index in [4.69, 9.17) is 0 Å². The van der Waals surface area contributed by atoms with Crippen molar-refractivity contribution in [2.24, 2.45) is 0 Å². The lowest BCUT2D eigenvalue weighted by atomic mass is 10.2. The first kappa shape index (κ1) is 12.7. The number of rotatable bonds is 4. The third-order valence-electron chi connectivity index (χ3n) is 1.92. The van der Waals surface area contributed by atoms with Crippen molar-refractivity contribution < 1.29 is 22.1 Å². The van der Waals surface area contributed by atoms with Crippen molar-refractivity contribution >= 4 is 16.1 Å². The van der Waals surface area contributed by atoms with E-state index >= 15 is 0 Å². The van der Waals surface area contributed by atoms with Gasteiger partial charge in [-0.15, -0.1) is 0 Å². The second-order valence-electron chi connectivity index (χ2n) is 3.06. The van der Waals surface area contributed by atoms with Crippen LogP contribution in [0.4, 0.5) is 0 Å². The predicted molar refractivity (Wildman–Crippen MR) is 56.3 cm³/mol. The smallest absolute Gasteiger partial charge is 0.333 e. The van der Waals surface area contributed by atoms with Gasteiger partial charge in [-0.3, -0.25) is 4.18 Å². The molecular formula is C10H12O5S. The zero-order valence-electron chi connectivity index (χ0n) is 8.97. The van der Waals surface area contributed by atoms with Crippen LogP contribution in [0.3, 0.4) is 0 Å². The van der Waals surface area contributed by atoms with E-state index in [0.29, 0.717) is 5.56 Å². The van der Waals surface area contributed by atoms with Crippen LogP contribution in [0.5, 0.6) is 0 Å². The van der Waals surface area contributed by atoms with Crippen LogP contribution >= 0.6 is 0 Å². The van der Waals surface area contributed by atoms with E-state index in [2.05, 4.69) is 8.92 Å². The van der Waals surface area contributed by atoms with Gasteiger partial charge in [0.05, 0.1) is 12.0 Å². The van der Waals surface area contributed by atoms with E-state index < -0.39 is 22.7 Å². The zero-order chi connectivity index (χ0) is 12.2. The lowest BCUT2D eigenvalue weighted by Crippen LogP contribution is -2.16. The van der Waals surface area contributed by atoms with Crippen LogP contribution in [0.2, 0.25) is 0 Å². The van der Waals surface area contributed by atoms with Crippen molar-refractivity contribution in [3.63, 3.8) is 0 Å². The fourth-order valence-corrected chi connectivity index (χ4v) is 2.17. The molecule has 0 aliphatic carbocycles. The maximum absolute atomic E-state index is 11.6. The summed E-state index contributed by atoms with van der Waals surface area (Å²) in [5, 5.41) is 0. The average Bonchev–Trinajstić information content (AvgIpc) is 2.26. The average molecular weight is 244 g/mol. The van der Waals surface area contributed by atoms with Gasteiger partial charge in [-0.25, -0.2) is 4.79 Å². The van der Waals surface area contributed by atoms with Crippen molar-refractivity contribution in [1.29, 1.82) is 0 Å². The number of ether oxygens (including phenoxy) is 1. The van der Waals surface area contributed by atoms with Crippen LogP contribution in [0, 0.1) is 6.92 Å². The highest BCUT2D eigenvalue weighted by atomic mass is 32.2. The number of aryl methyl sites for hydroxylation is 1. The summed E-state index contributed by atoms with van der Waals surface area (Å²) in [6, 6.07) is 6.37. The molecule has 1 rings (SSSR count). The minimum Gasteiger partial charge on any atom is -0.467 e. The molecule has 0 atom stereocenters. The normalized spacial score (nSPS) is 11.1. The van der Waals surface area contributed by atoms with Crippen LogP contribution < -0.4 is 0 Å². The molecule has 0 heterocycles. The Kier molecular flexibility index (Phi) is 4.03. The molecule has 0 aromatic heterocycles. The first-order valence-electron chi connectivity index (χ1n) is 4.49. The highest BCUT2D eigenvalue weighted by Gasteiger charge is 2.18. The van der Waals surface area contributed by atoms with E-state index in [1.165, 1.54) is 6.07 Å². The molecule has 0 saturated carbocycles. The third kappa shape index (κ3) is 3.04. The Labute approximate surface area is 94.1 Å². The first-order chi connectivity index (χ1) is 7.47. The summed E-state index contributed by atoms with van der Waals surface area (Å²) in [7, 11) is -2.74. The molecule has 5 nitrogen and oxygen atoms in total. The number of methoxy groups -OCH3 is 1. The molecule has 6 heteroatoms. The number of hydrogen-bond acceptors (Lipinski definition) is 5. The third-order valence-corrected chi connectivity index (χ3v) is 3.35. The van der Waals surface area contributed by atoms with Crippen molar-refractivity contribution in [3.05, 3.63) is 29.8 Å². The SMILES string of the molecule is COC(=O)COS(=O)(=O)c1ccccc1C. The lowest BCUT2D eigenvalue weighted by molar-refractivity contribution is -0.142. The summed E-state index contributed by atoms with van der Waals surface area (Å²) < 4.78 is 32.1. The zero-order valence-corrected chi connectivity index (χ0v) is 9.78. The summed E-state index contributed by atoms with van der Waals surface area (Å²) in [5.74, 6) is -0.739. The Morgan fingerprint density at radius 2 is 1.94 bits per heavy atom. The number of carbonyl (C=O) groups excluding carboxylic acids is 1. The summed E-state index contributed by atoms with van der Waals surface area (Å²) in [5.41, 5.74) is 0.562. The van der Waals surface area contributed by atoms with Crippen LogP contribution in [-0.2, 0) is 23.8 Å². The molecule has 16 heavy (non-hydrogen) atoms. The van der Waals surface area contributed by atoms with Crippen LogP contribution in [0.1, 0.15) is 5.56 Å². The summed E-state index contributed by atoms with van der Waals surface area (Å²) >= 11 is 0. The van der Waals surface area contributed by atoms with Crippen LogP contribution in [0.25, 0.3) is 0 Å². The summed E-state index contributed by atoms with van der Waals surface area (Å²) in [6.07, 6.45) is 0. The molecular weight excluding hydrogens is 232 g/mol. The van der Waals surface area contributed by atoms with E-state index in [1.54, 1.807) is 25.1 Å². The summed E-state index contributed by atoms with van der Waals surface area (Å²) in [6.45, 7) is 1.03. The Morgan fingerprint density at radius 1 is 1.31 bits per heavy atom. The number of esters is 1. The van der Waals surface area contributed by atoms with Gasteiger partial charge < -0.3 is 4.74 Å².